The predicted octanol–water partition coefficient (Wildman–Crippen LogP) is 2.10. The maximum atomic E-state index is 10.8. The van der Waals surface area contributed by atoms with Crippen molar-refractivity contribution in [3.8, 4) is 0 Å². The first-order valence-corrected chi connectivity index (χ1v) is 4.76. The van der Waals surface area contributed by atoms with Crippen LogP contribution in [0, 0.1) is 6.92 Å². The van der Waals surface area contributed by atoms with Crippen LogP contribution in [-0.2, 0) is 0 Å². The number of carbonyl (C=O) groups is 1. The lowest BCUT2D eigenvalue weighted by atomic mass is 10.3. The van der Waals surface area contributed by atoms with Crippen molar-refractivity contribution in [2.24, 2.45) is 0 Å². The first-order chi connectivity index (χ1) is 6.59. The number of aryl methyl sites for hydroxylation is 1. The zero-order chi connectivity index (χ0) is 10.3. The second kappa shape index (κ2) is 3.09. The molecule has 0 aliphatic carbocycles. The van der Waals surface area contributed by atoms with Crippen LogP contribution in [-0.4, -0.2) is 20.5 Å². The van der Waals surface area contributed by atoms with Gasteiger partial charge in [0, 0.05) is 6.20 Å². The molecule has 0 amide bonds. The van der Waals surface area contributed by atoms with Gasteiger partial charge in [-0.3, -0.25) is 4.40 Å². The van der Waals surface area contributed by atoms with Crippen LogP contribution in [0.1, 0.15) is 16.2 Å². The van der Waals surface area contributed by atoms with E-state index < -0.39 is 5.97 Å². The molecule has 0 radical (unpaired) electrons. The summed E-state index contributed by atoms with van der Waals surface area (Å²) in [6.07, 6.45) is 1.70. The van der Waals surface area contributed by atoms with Crippen molar-refractivity contribution in [2.75, 3.05) is 0 Å². The third-order valence-electron chi connectivity index (χ3n) is 1.95. The summed E-state index contributed by atoms with van der Waals surface area (Å²) < 4.78 is 2.10. The smallest absolute Gasteiger partial charge is 0.372 e. The van der Waals surface area contributed by atoms with Crippen LogP contribution >= 0.6 is 15.9 Å². The van der Waals surface area contributed by atoms with Gasteiger partial charge in [-0.2, -0.15) is 0 Å². The first kappa shape index (κ1) is 9.21. The molecule has 5 heteroatoms. The maximum Gasteiger partial charge on any atom is 0.372 e. The van der Waals surface area contributed by atoms with E-state index in [-0.39, 0.29) is 5.82 Å². The molecule has 14 heavy (non-hydrogen) atoms. The Morgan fingerprint density at radius 2 is 2.36 bits per heavy atom. The van der Waals surface area contributed by atoms with Crippen LogP contribution in [0.25, 0.3) is 5.52 Å². The predicted molar refractivity (Wildman–Crippen MR) is 54.6 cm³/mol. The molecule has 2 aromatic rings. The van der Waals surface area contributed by atoms with E-state index in [1.54, 1.807) is 10.6 Å². The van der Waals surface area contributed by atoms with Gasteiger partial charge in [0.2, 0.25) is 5.82 Å². The average Bonchev–Trinajstić information content (AvgIpc) is 2.44. The molecular formula is C9H7BrN2O2. The number of rotatable bonds is 1. The van der Waals surface area contributed by atoms with E-state index in [2.05, 4.69) is 20.9 Å². The molecule has 0 atom stereocenters. The van der Waals surface area contributed by atoms with Crippen LogP contribution in [0.3, 0.4) is 0 Å². The molecule has 2 rings (SSSR count). The van der Waals surface area contributed by atoms with Crippen molar-refractivity contribution in [3.63, 3.8) is 0 Å². The van der Waals surface area contributed by atoms with Gasteiger partial charge >= 0.3 is 5.97 Å². The maximum absolute atomic E-state index is 10.8. The fourth-order valence-corrected chi connectivity index (χ4v) is 1.78. The second-order valence-corrected chi connectivity index (χ2v) is 3.74. The van der Waals surface area contributed by atoms with Crippen LogP contribution in [0.5, 0.6) is 0 Å². The highest BCUT2D eigenvalue weighted by Crippen LogP contribution is 2.19. The number of fused-ring (bicyclic) bond motifs is 1. The molecule has 72 valence electrons. The van der Waals surface area contributed by atoms with E-state index in [0.29, 0.717) is 4.60 Å². The SMILES string of the molecule is Cc1ccn2c(C(=O)O)nc(Br)c2c1. The van der Waals surface area contributed by atoms with Crippen molar-refractivity contribution in [1.82, 2.24) is 9.38 Å². The number of aromatic carboxylic acids is 1. The molecule has 0 saturated carbocycles. The molecule has 0 aromatic carbocycles. The topological polar surface area (TPSA) is 54.6 Å². The van der Waals surface area contributed by atoms with Gasteiger partial charge < -0.3 is 5.11 Å². The van der Waals surface area contributed by atoms with Crippen molar-refractivity contribution in [2.45, 2.75) is 6.92 Å². The average molecular weight is 255 g/mol. The standard InChI is InChI=1S/C9H7BrN2O2/c1-5-2-3-12-6(4-5)7(10)11-8(12)9(13)14/h2-4H,1H3,(H,13,14). The summed E-state index contributed by atoms with van der Waals surface area (Å²) in [4.78, 5) is 14.7. The van der Waals surface area contributed by atoms with Gasteiger partial charge in [-0.25, -0.2) is 9.78 Å². The summed E-state index contributed by atoms with van der Waals surface area (Å²) in [5.74, 6) is -1.01. The third kappa shape index (κ3) is 1.29. The lowest BCUT2D eigenvalue weighted by Gasteiger charge is -1.97. The molecule has 2 heterocycles. The van der Waals surface area contributed by atoms with E-state index in [9.17, 15) is 4.79 Å². The Hall–Kier alpha value is -1.36. The van der Waals surface area contributed by atoms with Gasteiger partial charge in [0.1, 0.15) is 4.60 Å². The summed E-state index contributed by atoms with van der Waals surface area (Å²) in [5.41, 5.74) is 1.83. The zero-order valence-electron chi connectivity index (χ0n) is 7.36. The number of nitrogens with zero attached hydrogens (tertiary/aromatic N) is 2. The highest BCUT2D eigenvalue weighted by atomic mass is 79.9. The number of pyridine rings is 1. The number of hydrogen-bond donors (Lipinski definition) is 1. The molecule has 0 fully saturated rings. The number of carboxylic acid groups (broad SMARTS) is 1. The molecule has 0 bridgehead atoms. The van der Waals surface area contributed by atoms with E-state index in [1.165, 1.54) is 0 Å². The van der Waals surface area contributed by atoms with Crippen molar-refractivity contribution >= 4 is 27.4 Å². The van der Waals surface area contributed by atoms with Crippen LogP contribution < -0.4 is 0 Å². The Kier molecular flexibility index (Phi) is 2.03. The van der Waals surface area contributed by atoms with Gasteiger partial charge in [0.25, 0.3) is 0 Å². The largest absolute Gasteiger partial charge is 0.475 e. The van der Waals surface area contributed by atoms with E-state index in [4.69, 9.17) is 5.11 Å². The molecule has 0 spiro atoms. The lowest BCUT2D eigenvalue weighted by Crippen LogP contribution is -2.03. The normalized spacial score (nSPS) is 10.7. The Morgan fingerprint density at radius 3 is 3.00 bits per heavy atom. The highest BCUT2D eigenvalue weighted by molar-refractivity contribution is 9.10. The van der Waals surface area contributed by atoms with Crippen molar-refractivity contribution in [1.29, 1.82) is 0 Å². The van der Waals surface area contributed by atoms with Gasteiger partial charge in [-0.05, 0) is 40.5 Å². The number of carboxylic acids is 1. The fourth-order valence-electron chi connectivity index (χ4n) is 1.30. The molecule has 4 nitrogen and oxygen atoms in total. The van der Waals surface area contributed by atoms with Crippen LogP contribution in [0.15, 0.2) is 22.9 Å². The minimum atomic E-state index is -1.03. The number of imidazole rings is 1. The third-order valence-corrected chi connectivity index (χ3v) is 2.53. The van der Waals surface area contributed by atoms with E-state index >= 15 is 0 Å². The number of aromatic nitrogens is 2. The van der Waals surface area contributed by atoms with E-state index in [1.807, 2.05) is 19.1 Å². The van der Waals surface area contributed by atoms with Crippen molar-refractivity contribution < 1.29 is 9.90 Å². The lowest BCUT2D eigenvalue weighted by molar-refractivity contribution is 0.0682. The first-order valence-electron chi connectivity index (χ1n) is 3.97. The molecule has 1 N–H and O–H groups in total. The summed E-state index contributed by atoms with van der Waals surface area (Å²) in [6, 6.07) is 3.72. The summed E-state index contributed by atoms with van der Waals surface area (Å²) in [7, 11) is 0. The monoisotopic (exact) mass is 254 g/mol. The Balaban J connectivity index is 2.84. The van der Waals surface area contributed by atoms with Crippen molar-refractivity contribution in [3.05, 3.63) is 34.3 Å². The molecule has 0 aliphatic heterocycles. The Morgan fingerprint density at radius 1 is 1.64 bits per heavy atom. The molecule has 0 aliphatic rings. The second-order valence-electron chi connectivity index (χ2n) is 2.99. The minimum absolute atomic E-state index is 0.0203. The molecule has 2 aromatic heterocycles. The van der Waals surface area contributed by atoms with Gasteiger partial charge in [0.15, 0.2) is 0 Å². The Bertz CT molecular complexity index is 519. The van der Waals surface area contributed by atoms with Crippen LogP contribution in [0.4, 0.5) is 0 Å². The summed E-state index contributed by atoms with van der Waals surface area (Å²) >= 11 is 3.22. The van der Waals surface area contributed by atoms with Crippen LogP contribution in [0.2, 0.25) is 0 Å². The number of halogens is 1. The summed E-state index contributed by atoms with van der Waals surface area (Å²) in [6.45, 7) is 1.94. The quantitative estimate of drug-likeness (QED) is 0.848. The van der Waals surface area contributed by atoms with Gasteiger partial charge in [0.05, 0.1) is 5.52 Å². The Labute approximate surface area is 88.3 Å². The molecule has 0 saturated heterocycles. The number of hydrogen-bond acceptors (Lipinski definition) is 2. The highest BCUT2D eigenvalue weighted by Gasteiger charge is 2.14. The molecular weight excluding hydrogens is 248 g/mol. The molecule has 0 unspecified atom stereocenters. The van der Waals surface area contributed by atoms with Gasteiger partial charge in [-0.1, -0.05) is 0 Å². The van der Waals surface area contributed by atoms with E-state index in [0.717, 1.165) is 11.1 Å². The van der Waals surface area contributed by atoms with Gasteiger partial charge in [-0.15, -0.1) is 0 Å². The zero-order valence-corrected chi connectivity index (χ0v) is 8.95. The fraction of sp³-hybridized carbons (Fsp3) is 0.111. The summed E-state index contributed by atoms with van der Waals surface area (Å²) in [5, 5.41) is 8.86. The minimum Gasteiger partial charge on any atom is -0.475 e.